The van der Waals surface area contributed by atoms with Crippen molar-refractivity contribution in [3.63, 3.8) is 0 Å². The highest BCUT2D eigenvalue weighted by Gasteiger charge is 2.28. The van der Waals surface area contributed by atoms with Gasteiger partial charge in [0.2, 0.25) is 0 Å². The molecule has 0 radical (unpaired) electrons. The average Bonchev–Trinajstić information content (AvgIpc) is 3.00. The highest BCUT2D eigenvalue weighted by Crippen LogP contribution is 2.30. The second-order valence-electron chi connectivity index (χ2n) is 8.00. The summed E-state index contributed by atoms with van der Waals surface area (Å²) in [5, 5.41) is 0. The number of carbonyl (C=O) groups is 1. The quantitative estimate of drug-likeness (QED) is 0.894. The van der Waals surface area contributed by atoms with Crippen molar-refractivity contribution in [1.82, 2.24) is 4.90 Å². The molecule has 140 valence electrons. The van der Waals surface area contributed by atoms with E-state index in [1.807, 2.05) is 6.07 Å². The van der Waals surface area contributed by atoms with E-state index in [4.69, 9.17) is 14.9 Å². The highest BCUT2D eigenvalue weighted by molar-refractivity contribution is 5.90. The third-order valence-corrected chi connectivity index (χ3v) is 4.66. The number of nitrogens with zero attached hydrogens (tertiary/aromatic N) is 1. The molecule has 0 unspecified atom stereocenters. The van der Waals surface area contributed by atoms with Crippen LogP contribution >= 0.6 is 0 Å². The summed E-state index contributed by atoms with van der Waals surface area (Å²) in [7, 11) is 0. The van der Waals surface area contributed by atoms with E-state index in [0.29, 0.717) is 6.61 Å². The first-order chi connectivity index (χ1) is 12.3. The van der Waals surface area contributed by atoms with Crippen LogP contribution in [0.15, 0.2) is 40.8 Å². The fourth-order valence-electron chi connectivity index (χ4n) is 3.47. The Hall–Kier alpha value is -2.11. The first-order valence-electron chi connectivity index (χ1n) is 9.14. The van der Waals surface area contributed by atoms with Gasteiger partial charge in [0, 0.05) is 30.6 Å². The molecule has 2 aromatic rings. The smallest absolute Gasteiger partial charge is 0.284 e. The van der Waals surface area contributed by atoms with Crippen molar-refractivity contribution in [2.24, 2.45) is 5.73 Å². The summed E-state index contributed by atoms with van der Waals surface area (Å²) in [6.45, 7) is 9.41. The molecular formula is C21H28N2O3. The van der Waals surface area contributed by atoms with Gasteiger partial charge in [-0.25, -0.2) is 0 Å². The molecule has 1 aromatic carbocycles. The molecule has 0 spiro atoms. The maximum absolute atomic E-state index is 11.5. The Morgan fingerprint density at radius 1 is 1.27 bits per heavy atom. The van der Waals surface area contributed by atoms with Gasteiger partial charge < -0.3 is 14.9 Å². The fraction of sp³-hybridized carbons (Fsp3) is 0.476. The molecule has 26 heavy (non-hydrogen) atoms. The molecular weight excluding hydrogens is 328 g/mol. The van der Waals surface area contributed by atoms with E-state index in [1.54, 1.807) is 6.07 Å². The largest absolute Gasteiger partial charge is 0.455 e. The molecule has 2 N–H and O–H groups in total. The number of carbonyl (C=O) groups excluding carboxylic acids is 1. The van der Waals surface area contributed by atoms with Gasteiger partial charge in [-0.3, -0.25) is 9.69 Å². The number of ether oxygens (including phenoxy) is 1. The van der Waals surface area contributed by atoms with Crippen LogP contribution in [-0.2, 0) is 23.1 Å². The van der Waals surface area contributed by atoms with Crippen molar-refractivity contribution in [2.45, 2.75) is 45.3 Å². The van der Waals surface area contributed by atoms with Gasteiger partial charge in [-0.15, -0.1) is 0 Å². The maximum atomic E-state index is 11.5. The van der Waals surface area contributed by atoms with Gasteiger partial charge >= 0.3 is 0 Å². The van der Waals surface area contributed by atoms with E-state index in [-0.39, 0.29) is 17.3 Å². The van der Waals surface area contributed by atoms with Crippen LogP contribution in [0.2, 0.25) is 0 Å². The Bertz CT molecular complexity index is 746. The minimum atomic E-state index is -0.523. The summed E-state index contributed by atoms with van der Waals surface area (Å²) in [6, 6.07) is 12.2. The zero-order chi connectivity index (χ0) is 18.7. The van der Waals surface area contributed by atoms with Crippen molar-refractivity contribution in [2.75, 3.05) is 19.7 Å². The summed E-state index contributed by atoms with van der Waals surface area (Å²) in [6.07, 6.45) is 1.08. The summed E-state index contributed by atoms with van der Waals surface area (Å²) in [5.74, 6) is 0.544. The molecule has 1 aromatic heterocycles. The van der Waals surface area contributed by atoms with E-state index in [9.17, 15) is 4.79 Å². The van der Waals surface area contributed by atoms with E-state index >= 15 is 0 Å². The van der Waals surface area contributed by atoms with Crippen molar-refractivity contribution >= 4 is 5.91 Å². The molecule has 1 aliphatic rings. The van der Waals surface area contributed by atoms with Crippen LogP contribution in [0.5, 0.6) is 0 Å². The van der Waals surface area contributed by atoms with Gasteiger partial charge in [0.05, 0.1) is 12.7 Å². The summed E-state index contributed by atoms with van der Waals surface area (Å²) >= 11 is 0. The third kappa shape index (κ3) is 4.54. The minimum Gasteiger partial charge on any atom is -0.455 e. The predicted octanol–water partition coefficient (Wildman–Crippen LogP) is 3.12. The monoisotopic (exact) mass is 356 g/mol. The fourth-order valence-corrected chi connectivity index (χ4v) is 3.47. The van der Waals surface area contributed by atoms with Gasteiger partial charge in [-0.2, -0.15) is 0 Å². The topological polar surface area (TPSA) is 68.7 Å². The molecule has 3 rings (SSSR count). The van der Waals surface area contributed by atoms with E-state index < -0.39 is 5.91 Å². The Balaban J connectivity index is 1.71. The van der Waals surface area contributed by atoms with Crippen LogP contribution in [0.3, 0.4) is 0 Å². The second-order valence-corrected chi connectivity index (χ2v) is 8.00. The molecule has 1 atom stereocenters. The summed E-state index contributed by atoms with van der Waals surface area (Å²) in [5.41, 5.74) is 7.55. The first-order valence-corrected chi connectivity index (χ1v) is 9.14. The SMILES string of the molecule is CC(C)(C)c1oc(C(N)=O)cc1CN1CCO[C@@H](Cc2ccccc2)C1. The Labute approximate surface area is 155 Å². The Morgan fingerprint density at radius 3 is 2.65 bits per heavy atom. The Kier molecular flexibility index (Phi) is 5.49. The lowest BCUT2D eigenvalue weighted by molar-refractivity contribution is -0.0307. The molecule has 1 aliphatic heterocycles. The molecule has 1 fully saturated rings. The number of amides is 1. The van der Waals surface area contributed by atoms with Crippen molar-refractivity contribution in [3.8, 4) is 0 Å². The standard InChI is InChI=1S/C21H28N2O3/c1-21(2,3)19-16(12-18(26-19)20(22)24)13-23-9-10-25-17(14-23)11-15-7-5-4-6-8-15/h4-8,12,17H,9-11,13-14H2,1-3H3,(H2,22,24)/t17-/m0/s1. The maximum Gasteiger partial charge on any atom is 0.284 e. The van der Waals surface area contributed by atoms with Gasteiger partial charge in [0.25, 0.3) is 5.91 Å². The van der Waals surface area contributed by atoms with Gasteiger partial charge in [-0.1, -0.05) is 51.1 Å². The third-order valence-electron chi connectivity index (χ3n) is 4.66. The number of hydrogen-bond acceptors (Lipinski definition) is 4. The van der Waals surface area contributed by atoms with Gasteiger partial charge in [0.1, 0.15) is 5.76 Å². The zero-order valence-electron chi connectivity index (χ0n) is 15.8. The molecule has 2 heterocycles. The normalized spacial score (nSPS) is 18.8. The van der Waals surface area contributed by atoms with Crippen molar-refractivity contribution in [3.05, 3.63) is 59.0 Å². The molecule has 0 aliphatic carbocycles. The van der Waals surface area contributed by atoms with Crippen LogP contribution < -0.4 is 5.73 Å². The number of primary amides is 1. The second kappa shape index (κ2) is 7.64. The molecule has 1 saturated heterocycles. The number of benzene rings is 1. The van der Waals surface area contributed by atoms with Gasteiger partial charge in [-0.05, 0) is 18.1 Å². The van der Waals surface area contributed by atoms with Crippen LogP contribution in [-0.4, -0.2) is 36.6 Å². The zero-order valence-corrected chi connectivity index (χ0v) is 15.8. The van der Waals surface area contributed by atoms with Crippen LogP contribution in [0.1, 0.15) is 48.2 Å². The number of furan rings is 1. The molecule has 1 amide bonds. The van der Waals surface area contributed by atoms with Crippen molar-refractivity contribution < 1.29 is 13.9 Å². The predicted molar refractivity (Wildman–Crippen MR) is 101 cm³/mol. The van der Waals surface area contributed by atoms with Crippen LogP contribution in [0.25, 0.3) is 0 Å². The van der Waals surface area contributed by atoms with Crippen molar-refractivity contribution in [1.29, 1.82) is 0 Å². The van der Waals surface area contributed by atoms with E-state index in [0.717, 1.165) is 37.4 Å². The lowest BCUT2D eigenvalue weighted by Crippen LogP contribution is -2.43. The van der Waals surface area contributed by atoms with Crippen LogP contribution in [0.4, 0.5) is 0 Å². The van der Waals surface area contributed by atoms with Gasteiger partial charge in [0.15, 0.2) is 5.76 Å². The van der Waals surface area contributed by atoms with Crippen LogP contribution in [0, 0.1) is 0 Å². The Morgan fingerprint density at radius 2 is 2.00 bits per heavy atom. The van der Waals surface area contributed by atoms with E-state index in [1.165, 1.54) is 5.56 Å². The lowest BCUT2D eigenvalue weighted by Gasteiger charge is -2.33. The summed E-state index contributed by atoms with van der Waals surface area (Å²) in [4.78, 5) is 13.9. The molecule has 5 heteroatoms. The molecule has 5 nitrogen and oxygen atoms in total. The number of hydrogen-bond donors (Lipinski definition) is 1. The highest BCUT2D eigenvalue weighted by atomic mass is 16.5. The number of rotatable bonds is 5. The van der Waals surface area contributed by atoms with E-state index in [2.05, 4.69) is 49.9 Å². The number of nitrogens with two attached hydrogens (primary N) is 1. The minimum absolute atomic E-state index is 0.173. The first kappa shape index (κ1) is 18.7. The molecule has 0 saturated carbocycles. The molecule has 0 bridgehead atoms. The summed E-state index contributed by atoms with van der Waals surface area (Å²) < 4.78 is 11.7. The lowest BCUT2D eigenvalue weighted by atomic mass is 9.90. The number of morpholine rings is 1. The average molecular weight is 356 g/mol.